The Balaban J connectivity index is 0. The SMILES string of the molecule is CCCCC=CCCCCCCCC(=O)O.[Y]. The molecule has 0 aromatic rings. The van der Waals surface area contributed by atoms with E-state index in [0.717, 1.165) is 12.8 Å². The van der Waals surface area contributed by atoms with Crippen LogP contribution >= 0.6 is 0 Å². The Morgan fingerprint density at radius 2 is 1.47 bits per heavy atom. The Hall–Kier alpha value is 0.314. The molecule has 0 atom stereocenters. The van der Waals surface area contributed by atoms with Gasteiger partial charge in [0.05, 0.1) is 0 Å². The first-order chi connectivity index (χ1) is 7.77. The number of aliphatic carboxylic acids is 1. The van der Waals surface area contributed by atoms with Gasteiger partial charge in [-0.2, -0.15) is 0 Å². The van der Waals surface area contributed by atoms with Crippen molar-refractivity contribution in [1.29, 1.82) is 0 Å². The van der Waals surface area contributed by atoms with Crippen LogP contribution < -0.4 is 0 Å². The topological polar surface area (TPSA) is 37.3 Å². The van der Waals surface area contributed by atoms with Gasteiger partial charge in [-0.1, -0.05) is 51.2 Å². The maximum Gasteiger partial charge on any atom is 0.303 e. The normalized spacial score (nSPS) is 10.4. The summed E-state index contributed by atoms with van der Waals surface area (Å²) in [4.78, 5) is 10.3. The Morgan fingerprint density at radius 1 is 0.941 bits per heavy atom. The summed E-state index contributed by atoms with van der Waals surface area (Å²) in [7, 11) is 0. The van der Waals surface area contributed by atoms with Crippen LogP contribution in [0.15, 0.2) is 12.2 Å². The van der Waals surface area contributed by atoms with E-state index in [1.54, 1.807) is 0 Å². The summed E-state index contributed by atoms with van der Waals surface area (Å²) in [6.45, 7) is 2.21. The van der Waals surface area contributed by atoms with Crippen molar-refractivity contribution < 1.29 is 42.6 Å². The van der Waals surface area contributed by atoms with Crippen LogP contribution in [0.4, 0.5) is 0 Å². The molecular weight excluding hydrogens is 289 g/mol. The molecule has 1 N–H and O–H groups in total. The van der Waals surface area contributed by atoms with Gasteiger partial charge in [0.25, 0.3) is 0 Å². The van der Waals surface area contributed by atoms with Crippen molar-refractivity contribution in [3.05, 3.63) is 12.2 Å². The van der Waals surface area contributed by atoms with E-state index < -0.39 is 5.97 Å². The number of hydrogen-bond acceptors (Lipinski definition) is 1. The minimum atomic E-state index is -0.668. The van der Waals surface area contributed by atoms with Crippen LogP contribution in [-0.4, -0.2) is 11.1 Å². The quantitative estimate of drug-likeness (QED) is 0.449. The summed E-state index contributed by atoms with van der Waals surface area (Å²) in [5.74, 6) is -0.668. The first-order valence-electron chi connectivity index (χ1n) is 6.64. The van der Waals surface area contributed by atoms with Crippen LogP contribution in [0.2, 0.25) is 0 Å². The van der Waals surface area contributed by atoms with Crippen molar-refractivity contribution in [1.82, 2.24) is 0 Å². The van der Waals surface area contributed by atoms with E-state index in [0.29, 0.717) is 6.42 Å². The summed E-state index contributed by atoms with van der Waals surface area (Å²) >= 11 is 0. The summed E-state index contributed by atoms with van der Waals surface area (Å²) in [6, 6.07) is 0. The summed E-state index contributed by atoms with van der Waals surface area (Å²) in [5, 5.41) is 8.45. The van der Waals surface area contributed by atoms with Gasteiger partial charge in [0.15, 0.2) is 0 Å². The van der Waals surface area contributed by atoms with Gasteiger partial charge in [-0.25, -0.2) is 0 Å². The van der Waals surface area contributed by atoms with Gasteiger partial charge in [0, 0.05) is 39.1 Å². The third kappa shape index (κ3) is 18.9. The van der Waals surface area contributed by atoms with E-state index in [9.17, 15) is 4.79 Å². The van der Waals surface area contributed by atoms with Crippen LogP contribution in [0.5, 0.6) is 0 Å². The molecule has 0 aliphatic carbocycles. The molecule has 0 fully saturated rings. The average molecular weight is 315 g/mol. The number of carboxylic acid groups (broad SMARTS) is 1. The van der Waals surface area contributed by atoms with Crippen molar-refractivity contribution in [2.75, 3.05) is 0 Å². The van der Waals surface area contributed by atoms with Crippen LogP contribution in [0.25, 0.3) is 0 Å². The number of allylic oxidation sites excluding steroid dienone is 2. The van der Waals surface area contributed by atoms with Crippen molar-refractivity contribution in [3.63, 3.8) is 0 Å². The summed E-state index contributed by atoms with van der Waals surface area (Å²) in [6.07, 6.45) is 15.4. The van der Waals surface area contributed by atoms with Crippen molar-refractivity contribution in [2.45, 2.75) is 71.1 Å². The number of unbranched alkanes of at least 4 members (excludes halogenated alkanes) is 7. The fraction of sp³-hybridized carbons (Fsp3) is 0.786. The van der Waals surface area contributed by atoms with E-state index in [-0.39, 0.29) is 32.7 Å². The van der Waals surface area contributed by atoms with Crippen LogP contribution in [0.3, 0.4) is 0 Å². The molecule has 3 heteroatoms. The van der Waals surface area contributed by atoms with Crippen LogP contribution in [0, 0.1) is 0 Å². The molecule has 0 heterocycles. The standard InChI is InChI=1S/C14H26O2.Y/c1-2-3-4-5-6-7-8-9-10-11-12-13-14(15)16;/h5-6H,2-4,7-13H2,1H3,(H,15,16);. The molecule has 0 amide bonds. The molecule has 2 nitrogen and oxygen atoms in total. The van der Waals surface area contributed by atoms with Gasteiger partial charge in [-0.05, 0) is 25.7 Å². The first kappa shape index (κ1) is 19.6. The zero-order valence-corrected chi connectivity index (χ0v) is 14.0. The fourth-order valence-electron chi connectivity index (χ4n) is 1.63. The van der Waals surface area contributed by atoms with Gasteiger partial charge in [0.1, 0.15) is 0 Å². The fourth-order valence-corrected chi connectivity index (χ4v) is 1.63. The first-order valence-corrected chi connectivity index (χ1v) is 6.64. The molecule has 0 rings (SSSR count). The summed E-state index contributed by atoms with van der Waals surface area (Å²) < 4.78 is 0. The monoisotopic (exact) mass is 315 g/mol. The Bertz CT molecular complexity index is 191. The number of carbonyl (C=O) groups is 1. The molecule has 0 bridgehead atoms. The molecule has 17 heavy (non-hydrogen) atoms. The molecule has 0 saturated carbocycles. The smallest absolute Gasteiger partial charge is 0.303 e. The molecule has 0 aliphatic heterocycles. The van der Waals surface area contributed by atoms with Gasteiger partial charge < -0.3 is 5.11 Å². The van der Waals surface area contributed by atoms with E-state index in [1.807, 2.05) is 0 Å². The van der Waals surface area contributed by atoms with E-state index >= 15 is 0 Å². The minimum absolute atomic E-state index is 0. The molecule has 1 radical (unpaired) electrons. The van der Waals surface area contributed by atoms with Gasteiger partial charge >= 0.3 is 5.97 Å². The minimum Gasteiger partial charge on any atom is -0.481 e. The Labute approximate surface area is 131 Å². The van der Waals surface area contributed by atoms with E-state index in [2.05, 4.69) is 19.1 Å². The number of carboxylic acids is 1. The van der Waals surface area contributed by atoms with Crippen molar-refractivity contribution in [2.24, 2.45) is 0 Å². The molecule has 97 valence electrons. The molecule has 0 saturated heterocycles. The number of hydrogen-bond donors (Lipinski definition) is 1. The zero-order chi connectivity index (χ0) is 12.1. The largest absolute Gasteiger partial charge is 0.481 e. The van der Waals surface area contributed by atoms with Gasteiger partial charge in [-0.3, -0.25) is 4.79 Å². The molecule has 0 spiro atoms. The zero-order valence-electron chi connectivity index (χ0n) is 11.2. The van der Waals surface area contributed by atoms with Crippen LogP contribution in [0.1, 0.15) is 71.1 Å². The second kappa shape index (κ2) is 16.3. The van der Waals surface area contributed by atoms with E-state index in [4.69, 9.17) is 5.11 Å². The molecular formula is C14H26O2Y. The molecule has 0 aliphatic rings. The molecule has 0 unspecified atom stereocenters. The average Bonchev–Trinajstić information content (AvgIpc) is 2.25. The van der Waals surface area contributed by atoms with Crippen molar-refractivity contribution in [3.8, 4) is 0 Å². The number of rotatable bonds is 11. The second-order valence-corrected chi connectivity index (χ2v) is 4.31. The Morgan fingerprint density at radius 3 is 2.06 bits per heavy atom. The predicted molar refractivity (Wildman–Crippen MR) is 68.6 cm³/mol. The molecule has 0 aromatic carbocycles. The van der Waals surface area contributed by atoms with Crippen LogP contribution in [-0.2, 0) is 37.5 Å². The second-order valence-electron chi connectivity index (χ2n) is 4.31. The van der Waals surface area contributed by atoms with E-state index in [1.165, 1.54) is 44.9 Å². The van der Waals surface area contributed by atoms with Gasteiger partial charge in [0.2, 0.25) is 0 Å². The van der Waals surface area contributed by atoms with Gasteiger partial charge in [-0.15, -0.1) is 0 Å². The Kier molecular flexibility index (Phi) is 18.9. The maximum atomic E-state index is 10.3. The predicted octanol–water partition coefficient (Wildman–Crippen LogP) is 4.55. The third-order valence-electron chi connectivity index (χ3n) is 2.65. The summed E-state index contributed by atoms with van der Waals surface area (Å²) in [5.41, 5.74) is 0. The third-order valence-corrected chi connectivity index (χ3v) is 2.65. The maximum absolute atomic E-state index is 10.3. The molecule has 0 aromatic heterocycles. The van der Waals surface area contributed by atoms with Crippen molar-refractivity contribution >= 4 is 5.97 Å².